The summed E-state index contributed by atoms with van der Waals surface area (Å²) >= 11 is 6.01. The van der Waals surface area contributed by atoms with Crippen LogP contribution in [0.15, 0.2) is 10.7 Å². The number of hydrogen-bond acceptors (Lipinski definition) is 5. The van der Waals surface area contributed by atoms with Crippen molar-refractivity contribution in [3.63, 3.8) is 0 Å². The normalized spacial score (nSPS) is 32.3. The first-order valence-electron chi connectivity index (χ1n) is 5.77. The summed E-state index contributed by atoms with van der Waals surface area (Å²) in [7, 11) is 0. The van der Waals surface area contributed by atoms with Gasteiger partial charge in [-0.25, -0.2) is 0 Å². The van der Waals surface area contributed by atoms with Crippen LogP contribution in [0.2, 0.25) is 0 Å². The fraction of sp³-hybridized carbons (Fsp3) is 0.583. The van der Waals surface area contributed by atoms with Crippen molar-refractivity contribution in [3.8, 4) is 12.1 Å². The van der Waals surface area contributed by atoms with Crippen LogP contribution in [0.3, 0.4) is 0 Å². The number of hydrogen-bond donors (Lipinski definition) is 2. The van der Waals surface area contributed by atoms with E-state index in [2.05, 4.69) is 11.4 Å². The first-order valence-corrected chi connectivity index (χ1v) is 6.15. The van der Waals surface area contributed by atoms with Crippen LogP contribution in [-0.2, 0) is 4.74 Å². The summed E-state index contributed by atoms with van der Waals surface area (Å²) < 4.78 is 5.45. The zero-order valence-corrected chi connectivity index (χ0v) is 10.9. The van der Waals surface area contributed by atoms with E-state index in [1.165, 1.54) is 0 Å². The topological polar surface area (TPSA) is 92.7 Å². The van der Waals surface area contributed by atoms with Crippen LogP contribution in [0.1, 0.15) is 26.7 Å². The average Bonchev–Trinajstić information content (AvgIpc) is 2.53. The molecule has 0 spiro atoms. The van der Waals surface area contributed by atoms with E-state index in [-0.39, 0.29) is 16.6 Å². The van der Waals surface area contributed by atoms with Crippen molar-refractivity contribution in [2.45, 2.75) is 32.9 Å². The van der Waals surface area contributed by atoms with E-state index >= 15 is 0 Å². The van der Waals surface area contributed by atoms with Gasteiger partial charge >= 0.3 is 0 Å². The summed E-state index contributed by atoms with van der Waals surface area (Å²) in [6.07, 6.45) is 0.711. The lowest BCUT2D eigenvalue weighted by Crippen LogP contribution is -2.54. The number of halogens is 1. The molecule has 94 valence electrons. The maximum Gasteiger partial charge on any atom is 0.209 e. The number of nitriles is 2. The largest absolute Gasteiger partial charge is 0.455 e. The Labute approximate surface area is 110 Å². The van der Waals surface area contributed by atoms with Crippen LogP contribution in [0, 0.1) is 38.9 Å². The van der Waals surface area contributed by atoms with Gasteiger partial charge in [0.05, 0.1) is 17.1 Å². The predicted molar refractivity (Wildman–Crippen MR) is 65.3 cm³/mol. The Morgan fingerprint density at radius 2 is 2.06 bits per heavy atom. The Morgan fingerprint density at radius 3 is 2.50 bits per heavy atom. The van der Waals surface area contributed by atoms with Crippen LogP contribution in [-0.4, -0.2) is 12.1 Å². The van der Waals surface area contributed by atoms with Crippen LogP contribution >= 0.6 is 11.6 Å². The minimum absolute atomic E-state index is 0.0918. The second-order valence-electron chi connectivity index (χ2n) is 4.50. The molecular formula is C12H13ClN4O. The average molecular weight is 265 g/mol. The molecule has 0 amide bonds. The molecule has 2 atom stereocenters. The molecule has 2 heterocycles. The second-order valence-corrected chi connectivity index (χ2v) is 4.88. The summed E-state index contributed by atoms with van der Waals surface area (Å²) in [5.74, 6) is -0.182. The fourth-order valence-electron chi connectivity index (χ4n) is 3.13. The van der Waals surface area contributed by atoms with Crippen LogP contribution < -0.4 is 5.32 Å². The third kappa shape index (κ3) is 1.08. The van der Waals surface area contributed by atoms with Gasteiger partial charge in [-0.1, -0.05) is 25.4 Å². The van der Waals surface area contributed by atoms with Crippen molar-refractivity contribution in [2.75, 3.05) is 0 Å². The highest BCUT2D eigenvalue weighted by atomic mass is 35.5. The lowest BCUT2D eigenvalue weighted by molar-refractivity contribution is 0.0296. The van der Waals surface area contributed by atoms with E-state index in [1.54, 1.807) is 0 Å². The molecule has 0 aliphatic carbocycles. The van der Waals surface area contributed by atoms with Crippen molar-refractivity contribution in [1.82, 2.24) is 5.32 Å². The quantitative estimate of drug-likeness (QED) is 0.748. The van der Waals surface area contributed by atoms with Gasteiger partial charge in [-0.05, 0) is 12.8 Å². The molecule has 2 rings (SSSR count). The van der Waals surface area contributed by atoms with Crippen molar-refractivity contribution >= 4 is 17.5 Å². The molecule has 2 N–H and O–H groups in total. The van der Waals surface area contributed by atoms with Crippen LogP contribution in [0.25, 0.3) is 0 Å². The van der Waals surface area contributed by atoms with Crippen molar-refractivity contribution in [3.05, 3.63) is 10.7 Å². The fourth-order valence-corrected chi connectivity index (χ4v) is 3.41. The highest BCUT2D eigenvalue weighted by Gasteiger charge is 2.70. The van der Waals surface area contributed by atoms with E-state index < -0.39 is 17.1 Å². The number of fused-ring (bicyclic) bond motifs is 2. The minimum Gasteiger partial charge on any atom is -0.455 e. The van der Waals surface area contributed by atoms with E-state index in [9.17, 15) is 10.5 Å². The molecule has 1 fully saturated rings. The molecule has 2 bridgehead atoms. The zero-order valence-electron chi connectivity index (χ0n) is 10.2. The van der Waals surface area contributed by atoms with Gasteiger partial charge in [-0.3, -0.25) is 5.41 Å². The molecule has 6 heteroatoms. The molecule has 2 aliphatic rings. The summed E-state index contributed by atoms with van der Waals surface area (Å²) in [5.41, 5.74) is -1.89. The molecule has 0 aromatic heterocycles. The number of ether oxygens (including phenoxy) is 1. The van der Waals surface area contributed by atoms with E-state index in [0.29, 0.717) is 12.8 Å². The van der Waals surface area contributed by atoms with Gasteiger partial charge in [-0.2, -0.15) is 10.5 Å². The molecule has 0 radical (unpaired) electrons. The van der Waals surface area contributed by atoms with Gasteiger partial charge in [0.2, 0.25) is 5.90 Å². The van der Waals surface area contributed by atoms with Gasteiger partial charge in [0.25, 0.3) is 0 Å². The highest BCUT2D eigenvalue weighted by Crippen LogP contribution is 2.60. The molecular weight excluding hydrogens is 252 g/mol. The van der Waals surface area contributed by atoms with E-state index in [1.807, 2.05) is 19.9 Å². The lowest BCUT2D eigenvalue weighted by Gasteiger charge is -2.43. The Kier molecular flexibility index (Phi) is 2.76. The van der Waals surface area contributed by atoms with Gasteiger partial charge in [-0.15, -0.1) is 0 Å². The predicted octanol–water partition coefficient (Wildman–Crippen LogP) is 2.21. The van der Waals surface area contributed by atoms with Crippen LogP contribution in [0.4, 0.5) is 0 Å². The van der Waals surface area contributed by atoms with Crippen molar-refractivity contribution < 1.29 is 4.74 Å². The molecule has 18 heavy (non-hydrogen) atoms. The van der Waals surface area contributed by atoms with Crippen molar-refractivity contribution in [1.29, 1.82) is 15.9 Å². The van der Waals surface area contributed by atoms with Crippen LogP contribution in [0.5, 0.6) is 0 Å². The number of rotatable bonds is 2. The Balaban J connectivity index is 2.81. The maximum absolute atomic E-state index is 9.61. The summed E-state index contributed by atoms with van der Waals surface area (Å²) in [6.45, 7) is 3.86. The van der Waals surface area contributed by atoms with Crippen molar-refractivity contribution in [2.24, 2.45) is 10.8 Å². The third-order valence-electron chi connectivity index (χ3n) is 4.22. The summed E-state index contributed by atoms with van der Waals surface area (Å²) in [6, 6.07) is 4.10. The van der Waals surface area contributed by atoms with Gasteiger partial charge in [0, 0.05) is 0 Å². The van der Waals surface area contributed by atoms with Gasteiger partial charge < -0.3 is 10.1 Å². The standard InChI is InChI=1S/C12H13ClN4O/c1-3-11(4-2)10-17-8(13)7(5-14)12(11,6-15)9(16)18-10/h10,16-17H,3-4H2,1-2H3/t10-,12+/m0/s1. The Hall–Kier alpha value is -1.72. The Bertz CT molecular complexity index is 523. The Morgan fingerprint density at radius 1 is 1.44 bits per heavy atom. The molecule has 0 aromatic rings. The zero-order chi connectivity index (χ0) is 13.6. The number of nitrogens with zero attached hydrogens (tertiary/aromatic N) is 2. The summed E-state index contributed by atoms with van der Waals surface area (Å²) in [5, 5.41) is 29.9. The smallest absolute Gasteiger partial charge is 0.209 e. The monoisotopic (exact) mass is 264 g/mol. The minimum atomic E-state index is -1.36. The van der Waals surface area contributed by atoms with Gasteiger partial charge in [0.15, 0.2) is 11.6 Å². The third-order valence-corrected chi connectivity index (χ3v) is 4.52. The lowest BCUT2D eigenvalue weighted by atomic mass is 9.57. The maximum atomic E-state index is 9.61. The summed E-state index contributed by atoms with van der Waals surface area (Å²) in [4.78, 5) is 0. The molecule has 0 saturated carbocycles. The van der Waals surface area contributed by atoms with E-state index in [0.717, 1.165) is 0 Å². The second kappa shape index (κ2) is 3.90. The van der Waals surface area contributed by atoms with Gasteiger partial charge in [0.1, 0.15) is 11.2 Å². The first kappa shape index (κ1) is 12.7. The molecule has 1 saturated heterocycles. The molecule has 0 unspecified atom stereocenters. The van der Waals surface area contributed by atoms with E-state index in [4.69, 9.17) is 21.7 Å². The highest BCUT2D eigenvalue weighted by molar-refractivity contribution is 6.30. The number of nitrogens with one attached hydrogen (secondary N) is 2. The first-order chi connectivity index (χ1) is 8.53. The molecule has 2 aliphatic heterocycles. The molecule has 0 aromatic carbocycles. The molecule has 5 nitrogen and oxygen atoms in total. The SMILES string of the molecule is CCC1(CC)[C@H]2NC(Cl)=C(C#N)[C@]1(C#N)C(=N)O2.